The molecule has 0 amide bonds. The van der Waals surface area contributed by atoms with E-state index in [1.165, 1.54) is 0 Å². The molecule has 0 saturated carbocycles. The molecule has 0 aliphatic heterocycles. The van der Waals surface area contributed by atoms with Crippen LogP contribution in [-0.2, 0) is 0 Å². The van der Waals surface area contributed by atoms with Crippen molar-refractivity contribution in [3.8, 4) is 0 Å². The van der Waals surface area contributed by atoms with Crippen LogP contribution >= 0.6 is 0 Å². The first-order valence-electron chi connectivity index (χ1n) is 5.84. The lowest BCUT2D eigenvalue weighted by Gasteiger charge is -2.19. The number of nitrogens with one attached hydrogen (secondary N) is 3. The van der Waals surface area contributed by atoms with Gasteiger partial charge >= 0.3 is 0 Å². The van der Waals surface area contributed by atoms with Gasteiger partial charge in [0.05, 0.1) is 27.3 Å². The molecular weight excluding hydrogens is 214 g/mol. The molecule has 0 unspecified atom stereocenters. The highest BCUT2D eigenvalue weighted by Crippen LogP contribution is 2.28. The zero-order chi connectivity index (χ0) is 12.0. The first kappa shape index (κ1) is 12.9. The van der Waals surface area contributed by atoms with Gasteiger partial charge in [-0.2, -0.15) is 0 Å². The first-order valence-corrected chi connectivity index (χ1v) is 6.34. The molecule has 16 heavy (non-hydrogen) atoms. The van der Waals surface area contributed by atoms with Gasteiger partial charge in [-0.3, -0.25) is 0 Å². The molecule has 1 aromatic carbocycles. The number of hydrogen-bond donors (Lipinski definition) is 3. The number of rotatable bonds is 6. The van der Waals surface area contributed by atoms with Crippen LogP contribution < -0.4 is 21.1 Å². The number of hydrogen-bond acceptors (Lipinski definition) is 3. The molecule has 3 N–H and O–H groups in total. The second kappa shape index (κ2) is 6.43. The summed E-state index contributed by atoms with van der Waals surface area (Å²) in [5.74, 6) is 0. The van der Waals surface area contributed by atoms with Crippen LogP contribution in [0.1, 0.15) is 20.8 Å². The summed E-state index contributed by atoms with van der Waals surface area (Å²) in [5, 5.41) is 11.2. The lowest BCUT2D eigenvalue weighted by Crippen LogP contribution is -2.17. The molecule has 0 heterocycles. The Morgan fingerprint density at radius 1 is 0.875 bits per heavy atom. The molecule has 0 fully saturated rings. The Hall–Kier alpha value is -1.16. The molecule has 1 aromatic rings. The normalized spacial score (nSPS) is 10.0. The van der Waals surface area contributed by atoms with Crippen molar-refractivity contribution in [1.29, 1.82) is 0 Å². The SMILES string of the molecule is CCNc1ccc([Si])c(NCC)c1NCC. The zero-order valence-corrected chi connectivity index (χ0v) is 11.3. The average Bonchev–Trinajstić information content (AvgIpc) is 2.27. The summed E-state index contributed by atoms with van der Waals surface area (Å²) in [6.45, 7) is 9.04. The molecule has 4 heteroatoms. The van der Waals surface area contributed by atoms with Crippen LogP contribution in [-0.4, -0.2) is 29.9 Å². The maximum Gasteiger partial charge on any atom is 0.0809 e. The van der Waals surface area contributed by atoms with Gasteiger partial charge in [0.2, 0.25) is 0 Å². The lowest BCUT2D eigenvalue weighted by molar-refractivity contribution is 1.17. The molecular formula is C12H20N3Si. The second-order valence-electron chi connectivity index (χ2n) is 3.50. The molecule has 0 aromatic heterocycles. The predicted octanol–water partition coefficient (Wildman–Crippen LogP) is 1.78. The van der Waals surface area contributed by atoms with Gasteiger partial charge < -0.3 is 16.0 Å². The smallest absolute Gasteiger partial charge is 0.0809 e. The summed E-state index contributed by atoms with van der Waals surface area (Å²) in [7, 11) is 3.63. The summed E-state index contributed by atoms with van der Waals surface area (Å²) in [4.78, 5) is 0. The largest absolute Gasteiger partial charge is 0.384 e. The first-order chi connectivity index (χ1) is 7.74. The molecule has 0 bridgehead atoms. The zero-order valence-electron chi connectivity index (χ0n) is 10.3. The van der Waals surface area contributed by atoms with Crippen molar-refractivity contribution >= 4 is 32.5 Å². The topological polar surface area (TPSA) is 36.1 Å². The molecule has 0 aliphatic rings. The molecule has 0 aliphatic carbocycles. The Morgan fingerprint density at radius 3 is 2.00 bits per heavy atom. The summed E-state index contributed by atoms with van der Waals surface area (Å²) in [5.41, 5.74) is 3.40. The van der Waals surface area contributed by atoms with Crippen LogP contribution in [0.2, 0.25) is 0 Å². The van der Waals surface area contributed by atoms with E-state index in [2.05, 4.69) is 59.1 Å². The molecule has 3 radical (unpaired) electrons. The van der Waals surface area contributed by atoms with Crippen molar-refractivity contribution in [2.24, 2.45) is 0 Å². The van der Waals surface area contributed by atoms with Crippen LogP contribution in [0.15, 0.2) is 12.1 Å². The Bertz CT molecular complexity index is 339. The van der Waals surface area contributed by atoms with Crippen LogP contribution in [0.25, 0.3) is 0 Å². The fourth-order valence-corrected chi connectivity index (χ4v) is 1.96. The van der Waals surface area contributed by atoms with Gasteiger partial charge in [0, 0.05) is 19.6 Å². The minimum absolute atomic E-state index is 0.908. The number of anilines is 3. The standard InChI is InChI=1S/C12H20N3Si/c1-4-13-9-7-8-10(16)12(15-6-3)11(9)14-5-2/h7-8,13-15H,4-6H2,1-3H3. The van der Waals surface area contributed by atoms with E-state index in [-0.39, 0.29) is 0 Å². The number of benzene rings is 1. The van der Waals surface area contributed by atoms with Crippen LogP contribution in [0.3, 0.4) is 0 Å². The van der Waals surface area contributed by atoms with E-state index in [1.54, 1.807) is 0 Å². The minimum atomic E-state index is 0.908. The van der Waals surface area contributed by atoms with Gasteiger partial charge in [0.25, 0.3) is 0 Å². The van der Waals surface area contributed by atoms with Crippen molar-refractivity contribution in [2.45, 2.75) is 20.8 Å². The van der Waals surface area contributed by atoms with Gasteiger partial charge in [-0.25, -0.2) is 0 Å². The average molecular weight is 234 g/mol. The quantitative estimate of drug-likeness (QED) is 0.657. The Balaban J connectivity index is 3.14. The third-order valence-electron chi connectivity index (χ3n) is 2.28. The lowest BCUT2D eigenvalue weighted by atomic mass is 10.2. The summed E-state index contributed by atoms with van der Waals surface area (Å²) in [6, 6.07) is 4.15. The molecule has 0 spiro atoms. The molecule has 0 atom stereocenters. The van der Waals surface area contributed by atoms with Crippen molar-refractivity contribution in [1.82, 2.24) is 0 Å². The fourth-order valence-electron chi connectivity index (χ4n) is 1.66. The minimum Gasteiger partial charge on any atom is -0.384 e. The maximum absolute atomic E-state index is 3.63. The van der Waals surface area contributed by atoms with Gasteiger partial charge in [-0.05, 0) is 32.0 Å². The van der Waals surface area contributed by atoms with E-state index >= 15 is 0 Å². The second-order valence-corrected chi connectivity index (χ2v) is 4.04. The Labute approximate surface area is 101 Å². The van der Waals surface area contributed by atoms with Gasteiger partial charge in [-0.15, -0.1) is 0 Å². The monoisotopic (exact) mass is 234 g/mol. The third-order valence-corrected chi connectivity index (χ3v) is 2.70. The van der Waals surface area contributed by atoms with Gasteiger partial charge in [-0.1, -0.05) is 6.07 Å². The maximum atomic E-state index is 3.63. The van der Waals surface area contributed by atoms with Crippen LogP contribution in [0.5, 0.6) is 0 Å². The van der Waals surface area contributed by atoms with Gasteiger partial charge in [0.1, 0.15) is 0 Å². The highest BCUT2D eigenvalue weighted by atomic mass is 28.1. The fraction of sp³-hybridized carbons (Fsp3) is 0.500. The van der Waals surface area contributed by atoms with E-state index in [0.29, 0.717) is 0 Å². The van der Waals surface area contributed by atoms with Crippen molar-refractivity contribution in [3.63, 3.8) is 0 Å². The summed E-state index contributed by atoms with van der Waals surface area (Å²) < 4.78 is 0. The van der Waals surface area contributed by atoms with Crippen LogP contribution in [0, 0.1) is 0 Å². The molecule has 0 saturated heterocycles. The Kier molecular flexibility index (Phi) is 5.18. The molecule has 3 nitrogen and oxygen atoms in total. The Morgan fingerprint density at radius 2 is 1.44 bits per heavy atom. The molecule has 87 valence electrons. The van der Waals surface area contributed by atoms with E-state index < -0.39 is 0 Å². The van der Waals surface area contributed by atoms with E-state index in [9.17, 15) is 0 Å². The van der Waals surface area contributed by atoms with Crippen LogP contribution in [0.4, 0.5) is 17.1 Å². The summed E-state index contributed by atoms with van der Waals surface area (Å²) in [6.07, 6.45) is 0. The highest BCUT2D eigenvalue weighted by molar-refractivity contribution is 6.37. The van der Waals surface area contributed by atoms with Crippen molar-refractivity contribution in [2.75, 3.05) is 35.6 Å². The van der Waals surface area contributed by atoms with E-state index in [0.717, 1.165) is 41.9 Å². The predicted molar refractivity (Wildman–Crippen MR) is 74.3 cm³/mol. The van der Waals surface area contributed by atoms with E-state index in [1.807, 2.05) is 0 Å². The third kappa shape index (κ3) is 2.92. The summed E-state index contributed by atoms with van der Waals surface area (Å²) >= 11 is 0. The highest BCUT2D eigenvalue weighted by Gasteiger charge is 2.09. The molecule has 1 rings (SSSR count). The van der Waals surface area contributed by atoms with Crippen molar-refractivity contribution < 1.29 is 0 Å². The van der Waals surface area contributed by atoms with Crippen molar-refractivity contribution in [3.05, 3.63) is 12.1 Å². The van der Waals surface area contributed by atoms with E-state index in [4.69, 9.17) is 0 Å². The van der Waals surface area contributed by atoms with Gasteiger partial charge in [0.15, 0.2) is 0 Å².